The summed E-state index contributed by atoms with van der Waals surface area (Å²) in [5.41, 5.74) is 0.703. The maximum atomic E-state index is 12.7. The maximum absolute atomic E-state index is 12.7. The van der Waals surface area contributed by atoms with Gasteiger partial charge in [-0.25, -0.2) is 0 Å². The molecular formula is C20H27NO4S. The van der Waals surface area contributed by atoms with Gasteiger partial charge in [-0.2, -0.15) is 0 Å². The van der Waals surface area contributed by atoms with Gasteiger partial charge < -0.3 is 19.1 Å². The Labute approximate surface area is 159 Å². The Balaban J connectivity index is 1.25. The number of likely N-dealkylation sites (tertiary alicyclic amines) is 1. The van der Waals surface area contributed by atoms with E-state index in [-0.39, 0.29) is 10.7 Å². The van der Waals surface area contributed by atoms with Crippen LogP contribution in [0.3, 0.4) is 0 Å². The lowest BCUT2D eigenvalue weighted by molar-refractivity contribution is -0.0118. The highest BCUT2D eigenvalue weighted by Crippen LogP contribution is 2.46. The number of ether oxygens (including phenoxy) is 3. The number of benzene rings is 1. The number of amides is 1. The van der Waals surface area contributed by atoms with E-state index in [2.05, 4.69) is 0 Å². The second-order valence-electron chi connectivity index (χ2n) is 7.60. The lowest BCUT2D eigenvalue weighted by atomic mass is 9.92. The van der Waals surface area contributed by atoms with Gasteiger partial charge in [0.1, 0.15) is 5.75 Å². The lowest BCUT2D eigenvalue weighted by Crippen LogP contribution is -2.60. The van der Waals surface area contributed by atoms with E-state index in [4.69, 9.17) is 14.2 Å². The Morgan fingerprint density at radius 2 is 2.15 bits per heavy atom. The van der Waals surface area contributed by atoms with Crippen molar-refractivity contribution in [2.45, 2.75) is 30.1 Å². The minimum absolute atomic E-state index is 0.0988. The van der Waals surface area contributed by atoms with E-state index in [0.29, 0.717) is 17.6 Å². The van der Waals surface area contributed by atoms with Crippen molar-refractivity contribution < 1.29 is 19.0 Å². The smallest absolute Gasteiger partial charge is 0.254 e. The monoisotopic (exact) mass is 377 g/mol. The van der Waals surface area contributed by atoms with Crippen LogP contribution in [0, 0.1) is 5.92 Å². The predicted molar refractivity (Wildman–Crippen MR) is 102 cm³/mol. The van der Waals surface area contributed by atoms with E-state index in [1.165, 1.54) is 0 Å². The molecule has 3 fully saturated rings. The highest BCUT2D eigenvalue weighted by Gasteiger charge is 2.51. The summed E-state index contributed by atoms with van der Waals surface area (Å²) in [5.74, 6) is 2.52. The maximum Gasteiger partial charge on any atom is 0.254 e. The normalized spacial score (nSPS) is 25.3. The molecule has 1 spiro atoms. The molecule has 3 aliphatic rings. The first-order chi connectivity index (χ1) is 12.7. The van der Waals surface area contributed by atoms with E-state index < -0.39 is 0 Å². The number of nitrogens with zero attached hydrogens (tertiary/aromatic N) is 1. The standard InChI is InChI=1S/C20H27NO4S/c1-23-17-4-2-3-16(9-17)19(22)21-13-20(14-21)10-18(12-26-20)25-11-15-5-7-24-8-6-15/h2-4,9,15,18H,5-8,10-14H2,1H3/t18-/m1/s1. The van der Waals surface area contributed by atoms with Crippen LogP contribution in [0.4, 0.5) is 0 Å². The van der Waals surface area contributed by atoms with Crippen molar-refractivity contribution in [3.63, 3.8) is 0 Å². The molecule has 3 saturated heterocycles. The summed E-state index contributed by atoms with van der Waals surface area (Å²) in [6.45, 7) is 4.25. The molecule has 3 heterocycles. The first-order valence-corrected chi connectivity index (χ1v) is 10.4. The van der Waals surface area contributed by atoms with Crippen LogP contribution in [0.1, 0.15) is 29.6 Å². The van der Waals surface area contributed by atoms with E-state index in [1.807, 2.05) is 40.9 Å². The molecular weight excluding hydrogens is 350 g/mol. The molecule has 1 atom stereocenters. The van der Waals surface area contributed by atoms with E-state index >= 15 is 0 Å². The molecule has 0 N–H and O–H groups in total. The van der Waals surface area contributed by atoms with Gasteiger partial charge in [0.2, 0.25) is 0 Å². The summed E-state index contributed by atoms with van der Waals surface area (Å²) in [7, 11) is 1.62. The van der Waals surface area contributed by atoms with Crippen LogP contribution >= 0.6 is 11.8 Å². The van der Waals surface area contributed by atoms with Gasteiger partial charge >= 0.3 is 0 Å². The summed E-state index contributed by atoms with van der Waals surface area (Å²) < 4.78 is 17.0. The fourth-order valence-corrected chi connectivity index (χ4v) is 5.60. The lowest BCUT2D eigenvalue weighted by Gasteiger charge is -2.47. The molecule has 1 aromatic carbocycles. The van der Waals surface area contributed by atoms with Gasteiger partial charge in [0, 0.05) is 44.2 Å². The number of hydrogen-bond acceptors (Lipinski definition) is 5. The summed E-state index contributed by atoms with van der Waals surface area (Å²) in [6.07, 6.45) is 3.63. The number of thioether (sulfide) groups is 1. The van der Waals surface area contributed by atoms with Gasteiger partial charge in [0.25, 0.3) is 5.91 Å². The number of carbonyl (C=O) groups excluding carboxylic acids is 1. The minimum atomic E-state index is 0.0988. The van der Waals surface area contributed by atoms with Gasteiger partial charge in [-0.05, 0) is 43.4 Å². The molecule has 26 heavy (non-hydrogen) atoms. The van der Waals surface area contributed by atoms with Crippen molar-refractivity contribution in [3.8, 4) is 5.75 Å². The van der Waals surface area contributed by atoms with E-state index in [0.717, 1.165) is 63.7 Å². The Hall–Kier alpha value is -1.24. The fraction of sp³-hybridized carbons (Fsp3) is 0.650. The molecule has 4 rings (SSSR count). The second kappa shape index (κ2) is 7.79. The SMILES string of the molecule is COc1cccc(C(=O)N2CC3(C[C@@H](OCC4CCOCC4)CS3)C2)c1. The molecule has 5 nitrogen and oxygen atoms in total. The van der Waals surface area contributed by atoms with Gasteiger partial charge in [-0.15, -0.1) is 11.8 Å². The molecule has 0 bridgehead atoms. The topological polar surface area (TPSA) is 48.0 Å². The largest absolute Gasteiger partial charge is 0.497 e. The van der Waals surface area contributed by atoms with Crippen molar-refractivity contribution >= 4 is 17.7 Å². The van der Waals surface area contributed by atoms with Gasteiger partial charge in [0.05, 0.1) is 18.0 Å². The highest BCUT2D eigenvalue weighted by atomic mass is 32.2. The van der Waals surface area contributed by atoms with Crippen molar-refractivity contribution in [3.05, 3.63) is 29.8 Å². The molecule has 142 valence electrons. The predicted octanol–water partition coefficient (Wildman–Crippen LogP) is 2.84. The van der Waals surface area contributed by atoms with Crippen LogP contribution in [-0.4, -0.2) is 67.4 Å². The first kappa shape index (κ1) is 18.1. The Morgan fingerprint density at radius 3 is 2.92 bits per heavy atom. The molecule has 1 amide bonds. The number of hydrogen-bond donors (Lipinski definition) is 0. The summed E-state index contributed by atoms with van der Waals surface area (Å²) in [6, 6.07) is 7.40. The third-order valence-electron chi connectivity index (χ3n) is 5.65. The van der Waals surface area contributed by atoms with Gasteiger partial charge in [-0.1, -0.05) is 6.07 Å². The minimum Gasteiger partial charge on any atom is -0.497 e. The Bertz CT molecular complexity index is 640. The molecule has 6 heteroatoms. The third-order valence-corrected chi connectivity index (χ3v) is 7.22. The van der Waals surface area contributed by atoms with Crippen molar-refractivity contribution in [2.24, 2.45) is 5.92 Å². The Kier molecular flexibility index (Phi) is 5.43. The zero-order valence-corrected chi connectivity index (χ0v) is 16.1. The van der Waals surface area contributed by atoms with Gasteiger partial charge in [0.15, 0.2) is 0 Å². The average Bonchev–Trinajstić information content (AvgIpc) is 3.10. The van der Waals surface area contributed by atoms with Crippen molar-refractivity contribution in [1.82, 2.24) is 4.90 Å². The molecule has 0 saturated carbocycles. The summed E-state index contributed by atoms with van der Waals surface area (Å²) in [5, 5.41) is 0. The zero-order valence-electron chi connectivity index (χ0n) is 15.3. The fourth-order valence-electron chi connectivity index (χ4n) is 4.05. The van der Waals surface area contributed by atoms with Crippen molar-refractivity contribution in [1.29, 1.82) is 0 Å². The Morgan fingerprint density at radius 1 is 1.35 bits per heavy atom. The van der Waals surface area contributed by atoms with Crippen LogP contribution in [0.5, 0.6) is 5.75 Å². The third kappa shape index (κ3) is 3.87. The molecule has 0 aliphatic carbocycles. The van der Waals surface area contributed by atoms with Crippen LogP contribution in [0.25, 0.3) is 0 Å². The number of methoxy groups -OCH3 is 1. The first-order valence-electron chi connectivity index (χ1n) is 9.44. The molecule has 1 aromatic rings. The van der Waals surface area contributed by atoms with Crippen LogP contribution in [0.15, 0.2) is 24.3 Å². The van der Waals surface area contributed by atoms with E-state index in [9.17, 15) is 4.79 Å². The molecule has 0 unspecified atom stereocenters. The number of carbonyl (C=O) groups is 1. The highest BCUT2D eigenvalue weighted by molar-refractivity contribution is 8.01. The summed E-state index contributed by atoms with van der Waals surface area (Å²) >= 11 is 1.98. The second-order valence-corrected chi connectivity index (χ2v) is 9.09. The van der Waals surface area contributed by atoms with Crippen LogP contribution < -0.4 is 4.74 Å². The van der Waals surface area contributed by atoms with E-state index in [1.54, 1.807) is 7.11 Å². The quantitative estimate of drug-likeness (QED) is 0.790. The van der Waals surface area contributed by atoms with Crippen LogP contribution in [-0.2, 0) is 9.47 Å². The van der Waals surface area contributed by atoms with Crippen LogP contribution in [0.2, 0.25) is 0 Å². The molecule has 0 radical (unpaired) electrons. The zero-order chi connectivity index (χ0) is 18.0. The number of rotatable bonds is 5. The van der Waals surface area contributed by atoms with Crippen molar-refractivity contribution in [2.75, 3.05) is 45.8 Å². The summed E-state index contributed by atoms with van der Waals surface area (Å²) in [4.78, 5) is 14.6. The molecule has 0 aromatic heterocycles. The average molecular weight is 378 g/mol. The van der Waals surface area contributed by atoms with Gasteiger partial charge in [-0.3, -0.25) is 4.79 Å². The molecule has 3 aliphatic heterocycles.